The number of unbranched alkanes of at least 4 members (excludes halogenated alkanes) is 3. The molecule has 6 aromatic rings. The second-order valence-corrected chi connectivity index (χ2v) is 17.2. The highest BCUT2D eigenvalue weighted by Crippen LogP contribution is 2.43. The second kappa shape index (κ2) is 20.0. The molecule has 0 bridgehead atoms. The van der Waals surface area contributed by atoms with Gasteiger partial charge in [0.2, 0.25) is 10.0 Å². The lowest BCUT2D eigenvalue weighted by Crippen LogP contribution is -2.38. The second-order valence-electron chi connectivity index (χ2n) is 15.5. The van der Waals surface area contributed by atoms with Crippen molar-refractivity contribution >= 4 is 32.3 Å². The number of nitrogens with zero attached hydrogens (tertiary/aromatic N) is 3. The van der Waals surface area contributed by atoms with Crippen molar-refractivity contribution in [2.45, 2.75) is 61.0 Å². The molecule has 2 heterocycles. The van der Waals surface area contributed by atoms with Crippen molar-refractivity contribution in [2.75, 3.05) is 58.2 Å². The van der Waals surface area contributed by atoms with Gasteiger partial charge in [-0.05, 0) is 72.0 Å². The van der Waals surface area contributed by atoms with Crippen LogP contribution in [0, 0.1) is 0 Å². The minimum Gasteiger partial charge on any atom is -0.497 e. The number of ether oxygens (including phenoxy) is 4. The Bertz CT molecular complexity index is 2520. The topological polar surface area (TPSA) is 153 Å². The summed E-state index contributed by atoms with van der Waals surface area (Å²) in [5, 5.41) is 16.1. The Morgan fingerprint density at radius 2 is 1.39 bits per heavy atom. The summed E-state index contributed by atoms with van der Waals surface area (Å²) in [7, 11) is 3.44. The Labute approximate surface area is 363 Å². The maximum atomic E-state index is 13.3. The first kappa shape index (κ1) is 44.3. The molecule has 0 aliphatic carbocycles. The third-order valence-corrected chi connectivity index (χ3v) is 12.8. The fourth-order valence-corrected chi connectivity index (χ4v) is 9.33. The molecule has 3 atom stereocenters. The van der Waals surface area contributed by atoms with Gasteiger partial charge in [0.05, 0.1) is 31.8 Å². The van der Waals surface area contributed by atoms with Crippen LogP contribution in [0.5, 0.6) is 11.5 Å². The normalized spacial score (nSPS) is 16.6. The highest BCUT2D eigenvalue weighted by molar-refractivity contribution is 7.89. The van der Waals surface area contributed by atoms with Crippen molar-refractivity contribution in [1.29, 1.82) is 0 Å². The van der Waals surface area contributed by atoms with Crippen LogP contribution in [0.3, 0.4) is 0 Å². The van der Waals surface area contributed by atoms with Crippen LogP contribution in [0.25, 0.3) is 10.8 Å². The Morgan fingerprint density at radius 3 is 2.02 bits per heavy atom. The van der Waals surface area contributed by atoms with Gasteiger partial charge in [-0.3, -0.25) is 4.57 Å². The van der Waals surface area contributed by atoms with Crippen LogP contribution in [-0.4, -0.2) is 83.3 Å². The zero-order chi connectivity index (χ0) is 43.7. The Kier molecular flexibility index (Phi) is 14.3. The Hall–Kier alpha value is -5.77. The highest BCUT2D eigenvalue weighted by Gasteiger charge is 2.42. The maximum absolute atomic E-state index is 13.3. The first-order chi connectivity index (χ1) is 30.0. The fourth-order valence-electron chi connectivity index (χ4n) is 8.04. The van der Waals surface area contributed by atoms with Crippen LogP contribution in [0.4, 0.5) is 11.5 Å². The van der Waals surface area contributed by atoms with Crippen molar-refractivity contribution in [3.8, 4) is 11.5 Å². The van der Waals surface area contributed by atoms with Gasteiger partial charge in [0.15, 0.2) is 0 Å². The van der Waals surface area contributed by atoms with Crippen LogP contribution in [0.2, 0.25) is 0 Å². The molecule has 1 aromatic heterocycles. The summed E-state index contributed by atoms with van der Waals surface area (Å²) in [6.45, 7) is 0.944. The maximum Gasteiger partial charge on any atom is 0.351 e. The zero-order valence-corrected chi connectivity index (χ0v) is 36.4. The van der Waals surface area contributed by atoms with E-state index in [1.165, 1.54) is 4.57 Å². The van der Waals surface area contributed by atoms with Gasteiger partial charge < -0.3 is 34.3 Å². The van der Waals surface area contributed by atoms with E-state index >= 15 is 0 Å². The van der Waals surface area contributed by atoms with E-state index in [2.05, 4.69) is 15.0 Å². The molecule has 1 fully saturated rings. The van der Waals surface area contributed by atoms with Crippen LogP contribution < -0.4 is 30.1 Å². The standard InChI is InChI=1S/C48H55N5O8S/c1-52(2)41-18-12-17-40-39(41)16-13-19-44(40)62(56,57)50-30-11-6-5-10-29-49-45-28-31-53(47(55)51-45)46-32-42(54)43(61-46)33-60-48(34-14-8-7-9-15-34,35-20-24-37(58-3)25-21-35)36-22-26-38(59-4)27-23-36/h7-9,12-28,31,42-43,46,50,54H,5-6,10-11,29-30,32-33H2,1-4H3,(H,49,51,55)/t42-,43+,46+/m0/s1. The van der Waals surface area contributed by atoms with Crippen molar-refractivity contribution in [1.82, 2.24) is 14.3 Å². The van der Waals surface area contributed by atoms with E-state index in [0.29, 0.717) is 42.2 Å². The number of hydrogen-bond donors (Lipinski definition) is 3. The number of aliphatic hydroxyl groups excluding tert-OH is 1. The minimum absolute atomic E-state index is 0.0142. The number of fused-ring (bicyclic) bond motifs is 1. The smallest absolute Gasteiger partial charge is 0.351 e. The molecule has 326 valence electrons. The van der Waals surface area contributed by atoms with E-state index in [1.807, 2.05) is 122 Å². The van der Waals surface area contributed by atoms with Gasteiger partial charge in [-0.2, -0.15) is 4.98 Å². The zero-order valence-electron chi connectivity index (χ0n) is 35.6. The van der Waals surface area contributed by atoms with Gasteiger partial charge in [-0.15, -0.1) is 0 Å². The fraction of sp³-hybridized carbons (Fsp3) is 0.333. The lowest BCUT2D eigenvalue weighted by molar-refractivity contribution is -0.0944. The van der Waals surface area contributed by atoms with Gasteiger partial charge >= 0.3 is 5.69 Å². The molecule has 0 saturated carbocycles. The number of aliphatic hydroxyl groups is 1. The molecule has 3 N–H and O–H groups in total. The molecule has 0 amide bonds. The molecule has 14 heteroatoms. The average molecular weight is 862 g/mol. The SMILES string of the molecule is COc1ccc(C(OC[C@H]2O[C@@H](n3ccc(NCCCCCCNS(=O)(=O)c4cccc5c(N(C)C)cccc45)nc3=O)C[C@@H]2O)(c2ccccc2)c2ccc(OC)cc2)cc1. The third kappa shape index (κ3) is 9.80. The number of hydrogen-bond acceptors (Lipinski definition) is 11. The van der Waals surface area contributed by atoms with Gasteiger partial charge in [0.25, 0.3) is 0 Å². The number of methoxy groups -OCH3 is 2. The number of rotatable bonds is 20. The summed E-state index contributed by atoms with van der Waals surface area (Å²) in [4.78, 5) is 19.8. The number of anilines is 2. The first-order valence-corrected chi connectivity index (χ1v) is 22.4. The number of nitrogens with one attached hydrogen (secondary N) is 2. The van der Waals surface area contributed by atoms with Crippen molar-refractivity contribution in [3.05, 3.63) is 155 Å². The van der Waals surface area contributed by atoms with E-state index in [-0.39, 0.29) is 17.9 Å². The molecule has 0 spiro atoms. The van der Waals surface area contributed by atoms with Crippen LogP contribution in [-0.2, 0) is 25.1 Å². The summed E-state index contributed by atoms with van der Waals surface area (Å²) >= 11 is 0. The molecule has 5 aromatic carbocycles. The molecule has 0 radical (unpaired) electrons. The average Bonchev–Trinajstić information content (AvgIpc) is 3.67. The van der Waals surface area contributed by atoms with Crippen molar-refractivity contribution in [3.63, 3.8) is 0 Å². The summed E-state index contributed by atoms with van der Waals surface area (Å²) in [6.07, 6.45) is 2.62. The quantitative estimate of drug-likeness (QED) is 0.0533. The van der Waals surface area contributed by atoms with Crippen LogP contribution >= 0.6 is 0 Å². The lowest BCUT2D eigenvalue weighted by Gasteiger charge is -2.37. The van der Waals surface area contributed by atoms with Crippen molar-refractivity contribution < 1.29 is 32.5 Å². The Balaban J connectivity index is 0.925. The molecule has 1 saturated heterocycles. The lowest BCUT2D eigenvalue weighted by atomic mass is 9.80. The van der Waals surface area contributed by atoms with Gasteiger partial charge in [0, 0.05) is 56.3 Å². The van der Waals surface area contributed by atoms with Gasteiger partial charge in [0.1, 0.15) is 35.2 Å². The van der Waals surface area contributed by atoms with E-state index in [9.17, 15) is 18.3 Å². The van der Waals surface area contributed by atoms with Gasteiger partial charge in [-0.25, -0.2) is 17.9 Å². The third-order valence-electron chi connectivity index (χ3n) is 11.3. The monoisotopic (exact) mass is 861 g/mol. The summed E-state index contributed by atoms with van der Waals surface area (Å²) in [5.41, 5.74) is 1.94. The summed E-state index contributed by atoms with van der Waals surface area (Å²) in [6, 6.07) is 38.1. The van der Waals surface area contributed by atoms with E-state index in [1.54, 1.807) is 38.6 Å². The Morgan fingerprint density at radius 1 is 0.774 bits per heavy atom. The molecular formula is C48H55N5O8S. The van der Waals surface area contributed by atoms with Crippen LogP contribution in [0.1, 0.15) is 55.0 Å². The number of benzene rings is 5. The predicted molar refractivity (Wildman–Crippen MR) is 242 cm³/mol. The molecular weight excluding hydrogens is 807 g/mol. The van der Waals surface area contributed by atoms with E-state index < -0.39 is 39.7 Å². The van der Waals surface area contributed by atoms with Gasteiger partial charge in [-0.1, -0.05) is 91.7 Å². The molecule has 1 aliphatic heterocycles. The molecule has 7 rings (SSSR count). The first-order valence-electron chi connectivity index (χ1n) is 20.9. The molecule has 62 heavy (non-hydrogen) atoms. The van der Waals surface area contributed by atoms with Crippen LogP contribution in [0.15, 0.2) is 137 Å². The van der Waals surface area contributed by atoms with E-state index in [0.717, 1.165) is 47.0 Å². The number of sulfonamides is 1. The summed E-state index contributed by atoms with van der Waals surface area (Å²) < 4.78 is 54.8. The molecule has 13 nitrogen and oxygen atoms in total. The predicted octanol–water partition coefficient (Wildman–Crippen LogP) is 7.09. The van der Waals surface area contributed by atoms with Crippen molar-refractivity contribution in [2.24, 2.45) is 0 Å². The largest absolute Gasteiger partial charge is 0.497 e. The van der Waals surface area contributed by atoms with E-state index in [4.69, 9.17) is 18.9 Å². The molecule has 0 unspecified atom stereocenters. The minimum atomic E-state index is -3.68. The highest BCUT2D eigenvalue weighted by atomic mass is 32.2. The number of aromatic nitrogens is 2. The summed E-state index contributed by atoms with van der Waals surface area (Å²) in [5.74, 6) is 1.85. The molecule has 1 aliphatic rings.